The molecular weight excluding hydrogens is 393 g/mol. The van der Waals surface area contributed by atoms with E-state index < -0.39 is 37.3 Å². The average molecular weight is 412 g/mol. The van der Waals surface area contributed by atoms with Gasteiger partial charge in [0.2, 0.25) is 15.7 Å². The summed E-state index contributed by atoms with van der Waals surface area (Å²) in [4.78, 5) is 15.8. The Morgan fingerprint density at radius 1 is 1.11 bits per heavy atom. The monoisotopic (exact) mass is 412 g/mol. The van der Waals surface area contributed by atoms with Gasteiger partial charge in [0.25, 0.3) is 0 Å². The fourth-order valence-corrected chi connectivity index (χ4v) is 3.49. The number of sulfone groups is 1. The summed E-state index contributed by atoms with van der Waals surface area (Å²) in [6.07, 6.45) is -0.776. The second-order valence-corrected chi connectivity index (χ2v) is 8.87. The van der Waals surface area contributed by atoms with E-state index in [0.29, 0.717) is 12.3 Å². The van der Waals surface area contributed by atoms with Gasteiger partial charge in [0.1, 0.15) is 0 Å². The van der Waals surface area contributed by atoms with Crippen molar-refractivity contribution >= 4 is 21.8 Å². The SMILES string of the molecule is CC(C)(C(=O)NC/C=C/c1ccccc1)S(=O)(=O)c1ccc(C(F)(F)F)cn1. The number of carbonyl (C=O) groups is 1. The first kappa shape index (κ1) is 21.6. The predicted molar refractivity (Wildman–Crippen MR) is 99.0 cm³/mol. The molecule has 0 aliphatic carbocycles. The molecule has 0 fully saturated rings. The van der Waals surface area contributed by atoms with Crippen molar-refractivity contribution in [1.29, 1.82) is 0 Å². The number of rotatable bonds is 6. The number of hydrogen-bond donors (Lipinski definition) is 1. The highest BCUT2D eigenvalue weighted by Gasteiger charge is 2.43. The summed E-state index contributed by atoms with van der Waals surface area (Å²) < 4.78 is 61.3. The first-order chi connectivity index (χ1) is 13.0. The molecule has 150 valence electrons. The van der Waals surface area contributed by atoms with Crippen molar-refractivity contribution in [2.75, 3.05) is 6.54 Å². The number of alkyl halides is 3. The van der Waals surface area contributed by atoms with Crippen LogP contribution in [0.4, 0.5) is 13.2 Å². The number of halogens is 3. The molecule has 5 nitrogen and oxygen atoms in total. The molecular formula is C19H19F3N2O3S. The van der Waals surface area contributed by atoms with E-state index in [9.17, 15) is 26.4 Å². The number of benzene rings is 1. The lowest BCUT2D eigenvalue weighted by molar-refractivity contribution is -0.137. The molecule has 2 rings (SSSR count). The van der Waals surface area contributed by atoms with Crippen LogP contribution in [-0.2, 0) is 20.8 Å². The maximum absolute atomic E-state index is 12.7. The molecule has 1 N–H and O–H groups in total. The van der Waals surface area contributed by atoms with Gasteiger partial charge in [-0.1, -0.05) is 42.5 Å². The lowest BCUT2D eigenvalue weighted by Gasteiger charge is -2.23. The Hall–Kier alpha value is -2.68. The van der Waals surface area contributed by atoms with Crippen LogP contribution >= 0.6 is 0 Å². The van der Waals surface area contributed by atoms with Gasteiger partial charge < -0.3 is 5.32 Å². The zero-order valence-corrected chi connectivity index (χ0v) is 16.0. The fourth-order valence-electron chi connectivity index (χ4n) is 2.21. The van der Waals surface area contributed by atoms with E-state index in [1.54, 1.807) is 12.2 Å². The number of aromatic nitrogens is 1. The largest absolute Gasteiger partial charge is 0.417 e. The highest BCUT2D eigenvalue weighted by Crippen LogP contribution is 2.30. The van der Waals surface area contributed by atoms with Crippen LogP contribution in [0.3, 0.4) is 0 Å². The molecule has 0 atom stereocenters. The second kappa shape index (κ2) is 8.14. The fraction of sp³-hybridized carbons (Fsp3) is 0.263. The standard InChI is InChI=1S/C19H19F3N2O3S/c1-18(2,17(25)23-12-6-9-14-7-4-3-5-8-14)28(26,27)16-11-10-15(13-24-16)19(20,21)22/h3-11,13H,12H2,1-2H3,(H,23,25)/b9-6+. The van der Waals surface area contributed by atoms with Crippen molar-refractivity contribution in [1.82, 2.24) is 10.3 Å². The van der Waals surface area contributed by atoms with Crippen molar-refractivity contribution in [2.24, 2.45) is 0 Å². The summed E-state index contributed by atoms with van der Waals surface area (Å²) in [5, 5.41) is 1.90. The minimum atomic E-state index is -4.63. The van der Waals surface area contributed by atoms with E-state index in [1.807, 2.05) is 30.3 Å². The molecule has 0 aliphatic rings. The van der Waals surface area contributed by atoms with Crippen LogP contribution < -0.4 is 5.32 Å². The van der Waals surface area contributed by atoms with Gasteiger partial charge >= 0.3 is 6.18 Å². The van der Waals surface area contributed by atoms with Crippen LogP contribution in [0, 0.1) is 0 Å². The summed E-state index contributed by atoms with van der Waals surface area (Å²) in [6, 6.07) is 10.7. The molecule has 28 heavy (non-hydrogen) atoms. The van der Waals surface area contributed by atoms with E-state index in [1.165, 1.54) is 13.8 Å². The smallest absolute Gasteiger partial charge is 0.351 e. The molecule has 0 unspecified atom stereocenters. The van der Waals surface area contributed by atoms with Gasteiger partial charge in [-0.25, -0.2) is 13.4 Å². The van der Waals surface area contributed by atoms with Crippen molar-refractivity contribution in [3.63, 3.8) is 0 Å². The third kappa shape index (κ3) is 4.78. The van der Waals surface area contributed by atoms with Gasteiger partial charge in [-0.15, -0.1) is 0 Å². The molecule has 0 saturated heterocycles. The number of amides is 1. The van der Waals surface area contributed by atoms with Gasteiger partial charge in [0, 0.05) is 12.7 Å². The second-order valence-electron chi connectivity index (χ2n) is 6.42. The first-order valence-electron chi connectivity index (χ1n) is 8.24. The molecule has 1 heterocycles. The summed E-state index contributed by atoms with van der Waals surface area (Å²) in [5.41, 5.74) is -0.155. The van der Waals surface area contributed by atoms with E-state index in [-0.39, 0.29) is 6.54 Å². The zero-order valence-electron chi connectivity index (χ0n) is 15.2. The topological polar surface area (TPSA) is 76.1 Å². The van der Waals surface area contributed by atoms with Crippen molar-refractivity contribution in [3.8, 4) is 0 Å². The summed E-state index contributed by atoms with van der Waals surface area (Å²) in [7, 11) is -4.30. The molecule has 1 aromatic carbocycles. The summed E-state index contributed by atoms with van der Waals surface area (Å²) in [6.45, 7) is 2.45. The van der Waals surface area contributed by atoms with Crippen molar-refractivity contribution in [3.05, 3.63) is 65.9 Å². The Morgan fingerprint density at radius 2 is 1.75 bits per heavy atom. The van der Waals surface area contributed by atoms with Crippen LogP contribution in [-0.4, -0.2) is 30.6 Å². The van der Waals surface area contributed by atoms with Gasteiger partial charge in [-0.2, -0.15) is 13.2 Å². The van der Waals surface area contributed by atoms with Gasteiger partial charge in [0.05, 0.1) is 5.56 Å². The van der Waals surface area contributed by atoms with Crippen LogP contribution in [0.2, 0.25) is 0 Å². The number of pyridine rings is 1. The molecule has 0 saturated carbocycles. The van der Waals surface area contributed by atoms with Gasteiger partial charge in [0.15, 0.2) is 9.77 Å². The molecule has 0 bridgehead atoms. The van der Waals surface area contributed by atoms with E-state index >= 15 is 0 Å². The minimum absolute atomic E-state index is 0.0904. The molecule has 9 heteroatoms. The van der Waals surface area contributed by atoms with Crippen LogP contribution in [0.1, 0.15) is 25.0 Å². The lowest BCUT2D eigenvalue weighted by atomic mass is 10.2. The molecule has 1 aromatic heterocycles. The Morgan fingerprint density at radius 3 is 2.29 bits per heavy atom. The first-order valence-corrected chi connectivity index (χ1v) is 9.72. The highest BCUT2D eigenvalue weighted by atomic mass is 32.2. The predicted octanol–water partition coefficient (Wildman–Crippen LogP) is 3.48. The maximum Gasteiger partial charge on any atom is 0.417 e. The number of carbonyl (C=O) groups excluding carboxylic acids is 1. The molecule has 0 spiro atoms. The van der Waals surface area contributed by atoms with E-state index in [0.717, 1.165) is 11.6 Å². The Bertz CT molecular complexity index is 952. The molecule has 0 aliphatic heterocycles. The minimum Gasteiger partial charge on any atom is -0.351 e. The van der Waals surface area contributed by atoms with Gasteiger partial charge in [-0.3, -0.25) is 4.79 Å². The van der Waals surface area contributed by atoms with Crippen molar-refractivity contribution < 1.29 is 26.4 Å². The Kier molecular flexibility index (Phi) is 6.28. The molecule has 1 amide bonds. The van der Waals surface area contributed by atoms with E-state index in [4.69, 9.17) is 0 Å². The quantitative estimate of drug-likeness (QED) is 0.788. The number of nitrogens with one attached hydrogen (secondary N) is 1. The van der Waals surface area contributed by atoms with Crippen LogP contribution in [0.15, 0.2) is 59.8 Å². The maximum atomic E-state index is 12.7. The normalized spacial score (nSPS) is 12.9. The number of nitrogens with zero attached hydrogens (tertiary/aromatic N) is 1. The zero-order chi connectivity index (χ0) is 21.0. The molecule has 0 radical (unpaired) electrons. The Labute approximate surface area is 161 Å². The van der Waals surface area contributed by atoms with Crippen LogP contribution in [0.25, 0.3) is 6.08 Å². The lowest BCUT2D eigenvalue weighted by Crippen LogP contribution is -2.48. The highest BCUT2D eigenvalue weighted by molar-refractivity contribution is 7.93. The van der Waals surface area contributed by atoms with Gasteiger partial charge in [-0.05, 0) is 31.5 Å². The van der Waals surface area contributed by atoms with Crippen LogP contribution in [0.5, 0.6) is 0 Å². The number of hydrogen-bond acceptors (Lipinski definition) is 4. The third-order valence-electron chi connectivity index (χ3n) is 4.05. The third-order valence-corrected chi connectivity index (χ3v) is 6.37. The molecule has 2 aromatic rings. The van der Waals surface area contributed by atoms with Crippen molar-refractivity contribution in [2.45, 2.75) is 29.8 Å². The Balaban J connectivity index is 2.10. The summed E-state index contributed by atoms with van der Waals surface area (Å²) >= 11 is 0. The van der Waals surface area contributed by atoms with E-state index in [2.05, 4.69) is 10.3 Å². The summed E-state index contributed by atoms with van der Waals surface area (Å²) in [5.74, 6) is -0.785. The average Bonchev–Trinajstić information content (AvgIpc) is 2.65.